The second kappa shape index (κ2) is 24.8. The SMILES string of the molecule is CO[C@@H]1/C=C/C=C/C=C/CC[C@@H](C)C(=O)[C@H](OC)[C@H](O)/C(C)=C/[C@@H](C)C(=O)C[C@@H]([C@H](C)C[C@H]2CC[C@@H](O)[C@H](OC)C2)OC(=O)[C@@H]2CCCCN2C(=O)C(=O)[C@]2(O)O[C@@H](CC[C@H]2C)C1. The van der Waals surface area contributed by atoms with Gasteiger partial charge in [0.1, 0.15) is 30.1 Å². The van der Waals surface area contributed by atoms with Crippen LogP contribution in [0, 0.1) is 29.6 Å². The van der Waals surface area contributed by atoms with E-state index >= 15 is 0 Å². The smallest absolute Gasteiger partial charge is 0.329 e. The lowest BCUT2D eigenvalue weighted by Gasteiger charge is -2.42. The number of cyclic esters (lactones) is 1. The third-order valence-corrected chi connectivity index (χ3v) is 13.8. The number of fused-ring (bicyclic) bond motifs is 3. The van der Waals surface area contributed by atoms with Crippen molar-refractivity contribution in [3.8, 4) is 0 Å². The van der Waals surface area contributed by atoms with Crippen molar-refractivity contribution in [1.82, 2.24) is 4.90 Å². The van der Waals surface area contributed by atoms with Crippen molar-refractivity contribution < 1.29 is 63.0 Å². The first-order chi connectivity index (χ1) is 29.9. The van der Waals surface area contributed by atoms with Gasteiger partial charge in [-0.1, -0.05) is 70.2 Å². The van der Waals surface area contributed by atoms with Gasteiger partial charge in [0.2, 0.25) is 5.79 Å². The number of piperidine rings is 1. The summed E-state index contributed by atoms with van der Waals surface area (Å²) in [6, 6.07) is -1.14. The average molecular weight is 886 g/mol. The molecule has 354 valence electrons. The fourth-order valence-electron chi connectivity index (χ4n) is 9.52. The molecule has 2 bridgehead atoms. The van der Waals surface area contributed by atoms with Gasteiger partial charge in [0, 0.05) is 58.5 Å². The van der Waals surface area contributed by atoms with Crippen molar-refractivity contribution in [3.05, 3.63) is 48.1 Å². The summed E-state index contributed by atoms with van der Waals surface area (Å²) in [5.41, 5.74) is 0.388. The summed E-state index contributed by atoms with van der Waals surface area (Å²) < 4.78 is 29.1. The van der Waals surface area contributed by atoms with E-state index in [0.29, 0.717) is 69.8 Å². The first-order valence-electron chi connectivity index (χ1n) is 23.1. The highest BCUT2D eigenvalue weighted by molar-refractivity contribution is 6.39. The third-order valence-electron chi connectivity index (χ3n) is 13.8. The number of rotatable bonds is 6. The summed E-state index contributed by atoms with van der Waals surface area (Å²) in [7, 11) is 4.49. The molecular weight excluding hydrogens is 811 g/mol. The van der Waals surface area contributed by atoms with Crippen molar-refractivity contribution >= 4 is 29.2 Å². The minimum atomic E-state index is -2.42. The number of carbonyl (C=O) groups excluding carboxylic acids is 5. The molecule has 0 aromatic carbocycles. The monoisotopic (exact) mass is 886 g/mol. The Labute approximate surface area is 374 Å². The Morgan fingerprint density at radius 3 is 2.30 bits per heavy atom. The van der Waals surface area contributed by atoms with Crippen LogP contribution in [0.5, 0.6) is 0 Å². The summed E-state index contributed by atoms with van der Waals surface area (Å²) >= 11 is 0. The van der Waals surface area contributed by atoms with E-state index in [2.05, 4.69) is 0 Å². The van der Waals surface area contributed by atoms with Crippen molar-refractivity contribution in [1.29, 1.82) is 0 Å². The minimum Gasteiger partial charge on any atom is -0.460 e. The van der Waals surface area contributed by atoms with E-state index in [-0.39, 0.29) is 48.9 Å². The summed E-state index contributed by atoms with van der Waals surface area (Å²) in [5.74, 6) is -7.92. The van der Waals surface area contributed by atoms with Crippen LogP contribution in [0.4, 0.5) is 0 Å². The lowest BCUT2D eigenvalue weighted by atomic mass is 9.78. The lowest BCUT2D eigenvalue weighted by Crippen LogP contribution is -2.60. The molecule has 3 N–H and O–H groups in total. The van der Waals surface area contributed by atoms with Crippen molar-refractivity contribution in [3.63, 3.8) is 0 Å². The highest BCUT2D eigenvalue weighted by Crippen LogP contribution is 2.37. The fraction of sp³-hybridized carbons (Fsp3) is 0.735. The van der Waals surface area contributed by atoms with Gasteiger partial charge in [0.25, 0.3) is 11.7 Å². The fourth-order valence-corrected chi connectivity index (χ4v) is 9.52. The number of nitrogens with zero attached hydrogens (tertiary/aromatic N) is 1. The molecule has 14 nitrogen and oxygen atoms in total. The van der Waals surface area contributed by atoms with Gasteiger partial charge in [-0.2, -0.15) is 0 Å². The van der Waals surface area contributed by atoms with Crippen molar-refractivity contribution in [2.24, 2.45) is 29.6 Å². The molecule has 0 aromatic heterocycles. The number of hydrogen-bond donors (Lipinski definition) is 3. The van der Waals surface area contributed by atoms with E-state index in [1.807, 2.05) is 43.4 Å². The maximum absolute atomic E-state index is 14.3. The number of methoxy groups -OCH3 is 3. The van der Waals surface area contributed by atoms with Crippen LogP contribution in [-0.2, 0) is 47.7 Å². The molecule has 3 heterocycles. The number of ketones is 3. The largest absolute Gasteiger partial charge is 0.460 e. The van der Waals surface area contributed by atoms with Crippen LogP contribution in [0.25, 0.3) is 0 Å². The van der Waals surface area contributed by atoms with E-state index in [1.54, 1.807) is 48.0 Å². The number of esters is 1. The molecule has 0 radical (unpaired) electrons. The van der Waals surface area contributed by atoms with E-state index in [1.165, 1.54) is 12.0 Å². The van der Waals surface area contributed by atoms with Gasteiger partial charge >= 0.3 is 5.97 Å². The number of hydrogen-bond acceptors (Lipinski definition) is 13. The zero-order valence-electron chi connectivity index (χ0n) is 38.8. The molecular formula is C49H75NO13. The number of amides is 1. The highest BCUT2D eigenvalue weighted by atomic mass is 16.6. The quantitative estimate of drug-likeness (QED) is 0.171. The molecule has 14 heteroatoms. The van der Waals surface area contributed by atoms with Gasteiger partial charge in [-0.25, -0.2) is 4.79 Å². The number of Topliss-reactive ketones (excluding diaryl/α,β-unsaturated/α-hetero) is 3. The Kier molecular flexibility index (Phi) is 20.6. The minimum absolute atomic E-state index is 0.0899. The molecule has 0 spiro atoms. The van der Waals surface area contributed by atoms with Crippen LogP contribution in [-0.4, -0.2) is 132 Å². The molecule has 0 unspecified atom stereocenters. The Hall–Kier alpha value is -3.37. The second-order valence-corrected chi connectivity index (χ2v) is 18.5. The van der Waals surface area contributed by atoms with E-state index < -0.39 is 83.9 Å². The number of ether oxygens (including phenoxy) is 5. The topological polar surface area (TPSA) is 195 Å². The summed E-state index contributed by atoms with van der Waals surface area (Å²) in [6.07, 6.45) is 13.4. The van der Waals surface area contributed by atoms with E-state index in [4.69, 9.17) is 23.7 Å². The van der Waals surface area contributed by atoms with E-state index in [0.717, 1.165) is 6.42 Å². The van der Waals surface area contributed by atoms with Crippen LogP contribution in [0.15, 0.2) is 48.1 Å². The predicted molar refractivity (Wildman–Crippen MR) is 236 cm³/mol. The number of allylic oxidation sites excluding steroid dienone is 6. The van der Waals surface area contributed by atoms with Gasteiger partial charge in [-0.3, -0.25) is 19.2 Å². The molecule has 1 amide bonds. The Morgan fingerprint density at radius 1 is 0.873 bits per heavy atom. The normalized spacial score (nSPS) is 39.6. The van der Waals surface area contributed by atoms with Crippen molar-refractivity contribution in [2.75, 3.05) is 27.9 Å². The maximum atomic E-state index is 14.3. The zero-order valence-corrected chi connectivity index (χ0v) is 38.8. The highest BCUT2D eigenvalue weighted by Gasteiger charge is 2.53. The average Bonchev–Trinajstić information content (AvgIpc) is 3.27. The molecule has 3 fully saturated rings. The molecule has 14 atom stereocenters. The lowest BCUT2D eigenvalue weighted by molar-refractivity contribution is -0.265. The molecule has 0 aromatic rings. The molecule has 1 saturated carbocycles. The van der Waals surface area contributed by atoms with Gasteiger partial charge in [0.15, 0.2) is 5.78 Å². The molecule has 4 rings (SSSR count). The summed E-state index contributed by atoms with van der Waals surface area (Å²) in [6.45, 7) is 8.79. The maximum Gasteiger partial charge on any atom is 0.329 e. The van der Waals surface area contributed by atoms with Crippen LogP contribution >= 0.6 is 0 Å². The first kappa shape index (κ1) is 52.3. The zero-order chi connectivity index (χ0) is 46.4. The Balaban J connectivity index is 1.67. The van der Waals surface area contributed by atoms with Gasteiger partial charge in [0.05, 0.1) is 24.4 Å². The standard InChI is InChI=1S/C49H75NO13/c1-30-17-13-11-9-10-12-14-18-36(59-6)28-37-22-20-34(5)49(58,63-37)46(55)47(56)50-24-16-15-19-38(50)48(57)62-41(32(3)26-35-21-23-39(51)42(27-35)60-7)29-40(52)31(2)25-33(4)44(54)45(61-8)43(30)53/h9-12,14,18,25,30-32,34-39,41-42,44-45,51,54,58H,13,15-17,19-24,26-29H2,1-8H3/b11-9+,12-10+,18-14+,33-25+/t30-,31-,32-,34-,35-,36-,37+,38+,39-,41+,42-,44-,45+,49-/m1/s1. The van der Waals surface area contributed by atoms with Crippen LogP contribution in [0.2, 0.25) is 0 Å². The molecule has 3 aliphatic heterocycles. The second-order valence-electron chi connectivity index (χ2n) is 18.5. The van der Waals surface area contributed by atoms with Crippen LogP contribution in [0.3, 0.4) is 0 Å². The molecule has 1 aliphatic carbocycles. The van der Waals surface area contributed by atoms with Gasteiger partial charge < -0.3 is 43.9 Å². The third kappa shape index (κ3) is 14.1. The van der Waals surface area contributed by atoms with Crippen LogP contribution < -0.4 is 0 Å². The van der Waals surface area contributed by atoms with Crippen molar-refractivity contribution in [2.45, 2.75) is 173 Å². The first-order valence-corrected chi connectivity index (χ1v) is 23.1. The summed E-state index contributed by atoms with van der Waals surface area (Å²) in [4.78, 5) is 71.3. The van der Waals surface area contributed by atoms with E-state index in [9.17, 15) is 39.3 Å². The summed E-state index contributed by atoms with van der Waals surface area (Å²) in [5, 5.41) is 33.6. The molecule has 4 aliphatic rings. The number of aliphatic hydroxyl groups is 3. The Morgan fingerprint density at radius 2 is 1.60 bits per heavy atom. The molecule has 2 saturated heterocycles. The predicted octanol–water partition coefficient (Wildman–Crippen LogP) is 5.54. The Bertz CT molecular complexity index is 1670. The number of aliphatic hydroxyl groups excluding tert-OH is 2. The molecule has 63 heavy (non-hydrogen) atoms. The van der Waals surface area contributed by atoms with Gasteiger partial charge in [-0.05, 0) is 95.0 Å². The van der Waals surface area contributed by atoms with Gasteiger partial charge in [-0.15, -0.1) is 0 Å². The van der Waals surface area contributed by atoms with Crippen LogP contribution in [0.1, 0.15) is 118 Å². The number of carbonyl (C=O) groups is 5.